The highest BCUT2D eigenvalue weighted by Gasteiger charge is 2.11. The SMILES string of the molecule is COC(=O)c1ccc(-c2ccsc2C=O)[nH]1. The van der Waals surface area contributed by atoms with Crippen LogP contribution in [0, 0.1) is 0 Å². The lowest BCUT2D eigenvalue weighted by Crippen LogP contribution is -2.00. The normalized spacial score (nSPS) is 10.1. The second kappa shape index (κ2) is 4.32. The third-order valence-electron chi connectivity index (χ3n) is 2.18. The maximum atomic E-state index is 11.2. The van der Waals surface area contributed by atoms with Crippen molar-refractivity contribution in [1.82, 2.24) is 4.98 Å². The Morgan fingerprint density at radius 1 is 1.44 bits per heavy atom. The lowest BCUT2D eigenvalue weighted by molar-refractivity contribution is 0.0595. The number of nitrogens with one attached hydrogen (secondary N) is 1. The Morgan fingerprint density at radius 3 is 2.94 bits per heavy atom. The summed E-state index contributed by atoms with van der Waals surface area (Å²) in [4.78, 5) is 25.5. The molecule has 4 nitrogen and oxygen atoms in total. The van der Waals surface area contributed by atoms with Crippen LogP contribution < -0.4 is 0 Å². The zero-order valence-corrected chi connectivity index (χ0v) is 9.34. The fourth-order valence-corrected chi connectivity index (χ4v) is 2.13. The number of hydrogen-bond donors (Lipinski definition) is 1. The van der Waals surface area contributed by atoms with Crippen LogP contribution in [0.4, 0.5) is 0 Å². The van der Waals surface area contributed by atoms with E-state index in [0.717, 1.165) is 17.5 Å². The molecule has 0 spiro atoms. The number of carbonyl (C=O) groups is 2. The Labute approximate surface area is 95.9 Å². The Bertz CT molecular complexity index is 527. The summed E-state index contributed by atoms with van der Waals surface area (Å²) < 4.78 is 4.59. The van der Waals surface area contributed by atoms with Crippen molar-refractivity contribution >= 4 is 23.6 Å². The third-order valence-corrected chi connectivity index (χ3v) is 3.03. The minimum atomic E-state index is -0.422. The highest BCUT2D eigenvalue weighted by molar-refractivity contribution is 7.12. The fourth-order valence-electron chi connectivity index (χ4n) is 1.42. The first-order chi connectivity index (χ1) is 7.76. The number of rotatable bonds is 3. The number of H-pyrrole nitrogens is 1. The number of esters is 1. The molecule has 0 unspecified atom stereocenters. The molecule has 2 aromatic heterocycles. The molecule has 0 bridgehead atoms. The van der Waals surface area contributed by atoms with Crippen LogP contribution in [-0.4, -0.2) is 24.3 Å². The van der Waals surface area contributed by atoms with Gasteiger partial charge in [-0.3, -0.25) is 4.79 Å². The van der Waals surface area contributed by atoms with Crippen LogP contribution in [0.2, 0.25) is 0 Å². The van der Waals surface area contributed by atoms with Crippen molar-refractivity contribution in [2.24, 2.45) is 0 Å². The molecule has 0 aliphatic rings. The summed E-state index contributed by atoms with van der Waals surface area (Å²) in [7, 11) is 1.32. The highest BCUT2D eigenvalue weighted by atomic mass is 32.1. The minimum Gasteiger partial charge on any atom is -0.464 e. The van der Waals surface area contributed by atoms with Gasteiger partial charge >= 0.3 is 5.97 Å². The number of methoxy groups -OCH3 is 1. The molecule has 0 fully saturated rings. The van der Waals surface area contributed by atoms with E-state index in [1.165, 1.54) is 18.4 Å². The second-order valence-electron chi connectivity index (χ2n) is 3.09. The van der Waals surface area contributed by atoms with Gasteiger partial charge in [0.2, 0.25) is 0 Å². The molecule has 82 valence electrons. The van der Waals surface area contributed by atoms with E-state index < -0.39 is 5.97 Å². The third kappa shape index (κ3) is 1.77. The van der Waals surface area contributed by atoms with Gasteiger partial charge in [0.1, 0.15) is 5.69 Å². The molecule has 0 saturated carbocycles. The first kappa shape index (κ1) is 10.6. The van der Waals surface area contributed by atoms with E-state index in [-0.39, 0.29) is 0 Å². The molecule has 1 N–H and O–H groups in total. The van der Waals surface area contributed by atoms with Crippen LogP contribution in [0.5, 0.6) is 0 Å². The molecule has 0 radical (unpaired) electrons. The summed E-state index contributed by atoms with van der Waals surface area (Å²) in [6.45, 7) is 0. The average molecular weight is 235 g/mol. The van der Waals surface area contributed by atoms with E-state index in [4.69, 9.17) is 0 Å². The molecule has 0 saturated heterocycles. The quantitative estimate of drug-likeness (QED) is 0.656. The molecule has 0 aliphatic heterocycles. The van der Waals surface area contributed by atoms with Crippen LogP contribution >= 0.6 is 11.3 Å². The summed E-state index contributed by atoms with van der Waals surface area (Å²) >= 11 is 1.36. The predicted octanol–water partition coefficient (Wildman–Crippen LogP) is 2.34. The molecule has 5 heteroatoms. The monoisotopic (exact) mass is 235 g/mol. The number of ether oxygens (including phenoxy) is 1. The van der Waals surface area contributed by atoms with E-state index in [1.807, 2.05) is 11.4 Å². The van der Waals surface area contributed by atoms with E-state index in [9.17, 15) is 9.59 Å². The van der Waals surface area contributed by atoms with Gasteiger partial charge in [0.25, 0.3) is 0 Å². The average Bonchev–Trinajstić information content (AvgIpc) is 2.95. The van der Waals surface area contributed by atoms with Crippen molar-refractivity contribution < 1.29 is 14.3 Å². The van der Waals surface area contributed by atoms with Crippen molar-refractivity contribution in [3.63, 3.8) is 0 Å². The van der Waals surface area contributed by atoms with Crippen molar-refractivity contribution in [3.8, 4) is 11.3 Å². The summed E-state index contributed by atoms with van der Waals surface area (Å²) in [5, 5.41) is 1.83. The standard InChI is InChI=1S/C11H9NO3S/c1-15-11(14)9-3-2-8(12-9)7-4-5-16-10(7)6-13/h2-6,12H,1H3. The molecule has 0 atom stereocenters. The van der Waals surface area contributed by atoms with Gasteiger partial charge < -0.3 is 9.72 Å². The van der Waals surface area contributed by atoms with Gasteiger partial charge in [-0.1, -0.05) is 0 Å². The van der Waals surface area contributed by atoms with Crippen LogP contribution in [0.25, 0.3) is 11.3 Å². The van der Waals surface area contributed by atoms with Gasteiger partial charge in [-0.2, -0.15) is 0 Å². The molecule has 16 heavy (non-hydrogen) atoms. The number of thiophene rings is 1. The molecular formula is C11H9NO3S. The summed E-state index contributed by atoms with van der Waals surface area (Å²) in [6, 6.07) is 5.22. The smallest absolute Gasteiger partial charge is 0.354 e. The summed E-state index contributed by atoms with van der Waals surface area (Å²) in [5.74, 6) is -0.422. The van der Waals surface area contributed by atoms with Crippen LogP contribution in [0.1, 0.15) is 20.2 Å². The van der Waals surface area contributed by atoms with Crippen molar-refractivity contribution in [2.75, 3.05) is 7.11 Å². The van der Waals surface area contributed by atoms with E-state index in [1.54, 1.807) is 12.1 Å². The highest BCUT2D eigenvalue weighted by Crippen LogP contribution is 2.26. The molecular weight excluding hydrogens is 226 g/mol. The lowest BCUT2D eigenvalue weighted by Gasteiger charge is -1.96. The van der Waals surface area contributed by atoms with Crippen molar-refractivity contribution in [3.05, 3.63) is 34.2 Å². The van der Waals surface area contributed by atoms with Gasteiger partial charge in [0.15, 0.2) is 6.29 Å². The topological polar surface area (TPSA) is 59.2 Å². The van der Waals surface area contributed by atoms with Crippen LogP contribution in [-0.2, 0) is 4.74 Å². The molecule has 2 aromatic rings. The van der Waals surface area contributed by atoms with Crippen molar-refractivity contribution in [2.45, 2.75) is 0 Å². The van der Waals surface area contributed by atoms with Crippen molar-refractivity contribution in [1.29, 1.82) is 0 Å². The number of carbonyl (C=O) groups excluding carboxylic acids is 2. The second-order valence-corrected chi connectivity index (χ2v) is 4.04. The Morgan fingerprint density at radius 2 is 2.25 bits per heavy atom. The van der Waals surface area contributed by atoms with Gasteiger partial charge in [-0.15, -0.1) is 11.3 Å². The molecule has 0 aromatic carbocycles. The Hall–Kier alpha value is -1.88. The first-order valence-electron chi connectivity index (χ1n) is 4.56. The first-order valence-corrected chi connectivity index (χ1v) is 5.44. The Kier molecular flexibility index (Phi) is 2.87. The molecule has 0 aliphatic carbocycles. The van der Waals surface area contributed by atoms with Crippen LogP contribution in [0.3, 0.4) is 0 Å². The predicted molar refractivity (Wildman–Crippen MR) is 60.8 cm³/mol. The fraction of sp³-hybridized carbons (Fsp3) is 0.0909. The Balaban J connectivity index is 2.38. The number of aromatic nitrogens is 1. The lowest BCUT2D eigenvalue weighted by atomic mass is 10.2. The number of aromatic amines is 1. The van der Waals surface area contributed by atoms with Gasteiger partial charge in [0.05, 0.1) is 12.0 Å². The number of hydrogen-bond acceptors (Lipinski definition) is 4. The zero-order chi connectivity index (χ0) is 11.5. The summed E-state index contributed by atoms with van der Waals surface area (Å²) in [5.41, 5.74) is 1.92. The van der Waals surface area contributed by atoms with Gasteiger partial charge in [-0.25, -0.2) is 4.79 Å². The molecule has 2 rings (SSSR count). The van der Waals surface area contributed by atoms with E-state index in [2.05, 4.69) is 9.72 Å². The van der Waals surface area contributed by atoms with Gasteiger partial charge in [0, 0.05) is 11.3 Å². The number of aldehydes is 1. The van der Waals surface area contributed by atoms with Gasteiger partial charge in [-0.05, 0) is 23.6 Å². The van der Waals surface area contributed by atoms with E-state index >= 15 is 0 Å². The zero-order valence-electron chi connectivity index (χ0n) is 8.52. The van der Waals surface area contributed by atoms with Crippen LogP contribution in [0.15, 0.2) is 23.6 Å². The summed E-state index contributed by atoms with van der Waals surface area (Å²) in [6.07, 6.45) is 0.804. The molecule has 2 heterocycles. The molecule has 0 amide bonds. The maximum absolute atomic E-state index is 11.2. The minimum absolute atomic E-state index is 0.376. The maximum Gasteiger partial charge on any atom is 0.354 e. The van der Waals surface area contributed by atoms with E-state index in [0.29, 0.717) is 10.6 Å². The largest absolute Gasteiger partial charge is 0.464 e.